The average Bonchev–Trinajstić information content (AvgIpc) is 3.21. The smallest absolute Gasteiger partial charge is 0.0223 e. The third kappa shape index (κ3) is 3.75. The van der Waals surface area contributed by atoms with Crippen molar-refractivity contribution in [1.82, 2.24) is 15.1 Å². The summed E-state index contributed by atoms with van der Waals surface area (Å²) < 4.78 is 0. The minimum atomic E-state index is 0.397. The van der Waals surface area contributed by atoms with Crippen LogP contribution in [0.25, 0.3) is 0 Å². The Labute approximate surface area is 125 Å². The molecule has 3 rings (SSSR count). The summed E-state index contributed by atoms with van der Waals surface area (Å²) in [6.45, 7) is 13.6. The number of fused-ring (bicyclic) bond motifs is 1. The van der Waals surface area contributed by atoms with E-state index in [9.17, 15) is 0 Å². The van der Waals surface area contributed by atoms with Crippen LogP contribution in [0.5, 0.6) is 0 Å². The van der Waals surface area contributed by atoms with Crippen LogP contribution < -0.4 is 5.32 Å². The molecule has 0 spiro atoms. The lowest BCUT2D eigenvalue weighted by Crippen LogP contribution is -2.60. The monoisotopic (exact) mass is 279 g/mol. The Morgan fingerprint density at radius 3 is 2.65 bits per heavy atom. The van der Waals surface area contributed by atoms with Gasteiger partial charge in [-0.3, -0.25) is 9.80 Å². The van der Waals surface area contributed by atoms with Gasteiger partial charge in [0.2, 0.25) is 0 Å². The van der Waals surface area contributed by atoms with E-state index in [1.165, 1.54) is 64.8 Å². The van der Waals surface area contributed by atoms with E-state index in [1.54, 1.807) is 0 Å². The molecule has 0 amide bonds. The van der Waals surface area contributed by atoms with E-state index in [0.717, 1.165) is 18.1 Å². The lowest BCUT2D eigenvalue weighted by atomic mass is 9.89. The fourth-order valence-electron chi connectivity index (χ4n) is 3.95. The number of rotatable bonds is 5. The molecule has 0 aromatic heterocycles. The summed E-state index contributed by atoms with van der Waals surface area (Å²) in [5.74, 6) is 0. The van der Waals surface area contributed by atoms with E-state index in [-0.39, 0.29) is 0 Å². The lowest BCUT2D eigenvalue weighted by Gasteiger charge is -2.49. The second-order valence-electron chi connectivity index (χ2n) is 8.24. The van der Waals surface area contributed by atoms with Crippen molar-refractivity contribution >= 4 is 0 Å². The van der Waals surface area contributed by atoms with Gasteiger partial charge in [0.1, 0.15) is 0 Å². The maximum Gasteiger partial charge on any atom is 0.0223 e. The van der Waals surface area contributed by atoms with Crippen molar-refractivity contribution < 1.29 is 0 Å². The van der Waals surface area contributed by atoms with Crippen molar-refractivity contribution in [3.05, 3.63) is 0 Å². The van der Waals surface area contributed by atoms with Gasteiger partial charge in [-0.15, -0.1) is 0 Å². The average molecular weight is 279 g/mol. The Bertz CT molecular complexity index is 324. The largest absolute Gasteiger partial charge is 0.313 e. The summed E-state index contributed by atoms with van der Waals surface area (Å²) >= 11 is 0. The molecule has 2 saturated heterocycles. The van der Waals surface area contributed by atoms with Gasteiger partial charge >= 0.3 is 0 Å². The highest BCUT2D eigenvalue weighted by Gasteiger charge is 2.35. The highest BCUT2D eigenvalue weighted by Crippen LogP contribution is 2.28. The summed E-state index contributed by atoms with van der Waals surface area (Å²) in [5, 5.41) is 3.72. The molecular weight excluding hydrogens is 246 g/mol. The number of nitrogens with zero attached hydrogens (tertiary/aromatic N) is 2. The summed E-state index contributed by atoms with van der Waals surface area (Å²) in [6.07, 6.45) is 7.07. The Kier molecular flexibility index (Phi) is 4.40. The molecular formula is C17H33N3. The fourth-order valence-corrected chi connectivity index (χ4v) is 3.95. The molecule has 2 atom stereocenters. The summed E-state index contributed by atoms with van der Waals surface area (Å²) in [4.78, 5) is 5.52. The first-order valence-electron chi connectivity index (χ1n) is 8.75. The number of hydrogen-bond acceptors (Lipinski definition) is 3. The summed E-state index contributed by atoms with van der Waals surface area (Å²) in [6, 6.07) is 2.40. The van der Waals surface area contributed by atoms with Crippen molar-refractivity contribution in [1.29, 1.82) is 0 Å². The second kappa shape index (κ2) is 5.94. The van der Waals surface area contributed by atoms with Gasteiger partial charge in [-0.1, -0.05) is 20.3 Å². The molecule has 0 aromatic carbocycles. The molecule has 1 saturated carbocycles. The van der Waals surface area contributed by atoms with Crippen molar-refractivity contribution in [3.63, 3.8) is 0 Å². The first-order chi connectivity index (χ1) is 9.53. The fraction of sp³-hybridized carbons (Fsp3) is 1.00. The SMILES string of the molecule is CC1CN2CCCCC2CN1CC(C)(C)CNC1CC1. The van der Waals surface area contributed by atoms with Crippen molar-refractivity contribution in [2.24, 2.45) is 5.41 Å². The van der Waals surface area contributed by atoms with Crippen molar-refractivity contribution in [2.45, 2.75) is 71.0 Å². The quantitative estimate of drug-likeness (QED) is 0.833. The lowest BCUT2D eigenvalue weighted by molar-refractivity contribution is -0.00187. The molecule has 3 nitrogen and oxygen atoms in total. The van der Waals surface area contributed by atoms with Crippen LogP contribution in [0.4, 0.5) is 0 Å². The molecule has 116 valence electrons. The van der Waals surface area contributed by atoms with Crippen LogP contribution in [0.2, 0.25) is 0 Å². The van der Waals surface area contributed by atoms with Gasteiger partial charge in [0, 0.05) is 44.3 Å². The van der Waals surface area contributed by atoms with Gasteiger partial charge in [0.05, 0.1) is 0 Å². The van der Waals surface area contributed by atoms with E-state index in [1.807, 2.05) is 0 Å². The topological polar surface area (TPSA) is 18.5 Å². The van der Waals surface area contributed by atoms with Crippen LogP contribution in [-0.4, -0.2) is 60.6 Å². The predicted octanol–water partition coefficient (Wildman–Crippen LogP) is 2.32. The van der Waals surface area contributed by atoms with Crippen LogP contribution in [0.15, 0.2) is 0 Å². The molecule has 1 aliphatic carbocycles. The van der Waals surface area contributed by atoms with Crippen molar-refractivity contribution in [3.8, 4) is 0 Å². The molecule has 1 N–H and O–H groups in total. The molecule has 3 aliphatic rings. The minimum absolute atomic E-state index is 0.397. The number of nitrogens with one attached hydrogen (secondary N) is 1. The van der Waals surface area contributed by atoms with Gasteiger partial charge in [-0.25, -0.2) is 0 Å². The first kappa shape index (κ1) is 14.8. The molecule has 3 fully saturated rings. The molecule has 2 aliphatic heterocycles. The van der Waals surface area contributed by atoms with Gasteiger partial charge in [0.15, 0.2) is 0 Å². The Balaban J connectivity index is 1.52. The maximum absolute atomic E-state index is 3.72. The number of piperidine rings is 1. The number of hydrogen-bond donors (Lipinski definition) is 1. The van der Waals surface area contributed by atoms with E-state index in [0.29, 0.717) is 5.41 Å². The molecule has 3 heteroatoms. The highest BCUT2D eigenvalue weighted by molar-refractivity contribution is 4.92. The van der Waals surface area contributed by atoms with Gasteiger partial charge in [0.25, 0.3) is 0 Å². The maximum atomic E-state index is 3.72. The van der Waals surface area contributed by atoms with Gasteiger partial charge in [-0.05, 0) is 44.6 Å². The van der Waals surface area contributed by atoms with E-state index in [4.69, 9.17) is 0 Å². The number of piperazine rings is 1. The van der Waals surface area contributed by atoms with E-state index in [2.05, 4.69) is 35.9 Å². The van der Waals surface area contributed by atoms with Crippen LogP contribution >= 0.6 is 0 Å². The zero-order chi connectivity index (χ0) is 14.2. The Hall–Kier alpha value is -0.120. The molecule has 2 heterocycles. The molecule has 2 unspecified atom stereocenters. The molecule has 0 aromatic rings. The minimum Gasteiger partial charge on any atom is -0.313 e. The zero-order valence-corrected chi connectivity index (χ0v) is 13.7. The molecule has 20 heavy (non-hydrogen) atoms. The third-order valence-corrected chi connectivity index (χ3v) is 5.39. The zero-order valence-electron chi connectivity index (χ0n) is 13.7. The molecule has 0 radical (unpaired) electrons. The van der Waals surface area contributed by atoms with Crippen molar-refractivity contribution in [2.75, 3.05) is 32.7 Å². The normalized spacial score (nSPS) is 33.1. The summed E-state index contributed by atoms with van der Waals surface area (Å²) in [7, 11) is 0. The van der Waals surface area contributed by atoms with Crippen LogP contribution in [0.1, 0.15) is 52.9 Å². The standard InChI is InChI=1S/C17H33N3/c1-14-10-19-9-5-4-6-16(19)11-20(14)13-17(2,3)12-18-15-7-8-15/h14-16,18H,4-13H2,1-3H3. The van der Waals surface area contributed by atoms with Crippen LogP contribution in [-0.2, 0) is 0 Å². The second-order valence-corrected chi connectivity index (χ2v) is 8.24. The Morgan fingerprint density at radius 2 is 1.90 bits per heavy atom. The Morgan fingerprint density at radius 1 is 1.10 bits per heavy atom. The van der Waals surface area contributed by atoms with Gasteiger partial charge < -0.3 is 5.32 Å². The van der Waals surface area contributed by atoms with E-state index >= 15 is 0 Å². The van der Waals surface area contributed by atoms with Crippen LogP contribution in [0.3, 0.4) is 0 Å². The third-order valence-electron chi connectivity index (χ3n) is 5.39. The highest BCUT2D eigenvalue weighted by atomic mass is 15.3. The van der Waals surface area contributed by atoms with E-state index < -0.39 is 0 Å². The first-order valence-corrected chi connectivity index (χ1v) is 8.75. The summed E-state index contributed by atoms with van der Waals surface area (Å²) in [5.41, 5.74) is 0.397. The molecule has 0 bridgehead atoms. The van der Waals surface area contributed by atoms with Gasteiger partial charge in [-0.2, -0.15) is 0 Å². The van der Waals surface area contributed by atoms with Crippen LogP contribution in [0, 0.1) is 5.41 Å². The predicted molar refractivity (Wildman–Crippen MR) is 85.1 cm³/mol.